The van der Waals surface area contributed by atoms with Gasteiger partial charge < -0.3 is 10.2 Å². The lowest BCUT2D eigenvalue weighted by Crippen LogP contribution is -1.80. The number of benzene rings is 1. The summed E-state index contributed by atoms with van der Waals surface area (Å²) in [6.45, 7) is 0. The number of hydrogen-bond donors (Lipinski definition) is 1. The highest BCUT2D eigenvalue weighted by Gasteiger charge is 2.08. The van der Waals surface area contributed by atoms with Gasteiger partial charge in [0.2, 0.25) is 0 Å². The minimum absolute atomic E-state index is 0.0259. The van der Waals surface area contributed by atoms with Crippen molar-refractivity contribution < 1.29 is 8.81 Å². The number of halogens is 2. The summed E-state index contributed by atoms with van der Waals surface area (Å²) < 4.78 is 18.5. The van der Waals surface area contributed by atoms with Crippen molar-refractivity contribution in [2.45, 2.75) is 0 Å². The van der Waals surface area contributed by atoms with Crippen LogP contribution in [0.1, 0.15) is 0 Å². The highest BCUT2D eigenvalue weighted by molar-refractivity contribution is 9.10. The van der Waals surface area contributed by atoms with Crippen LogP contribution in [-0.4, -0.2) is 4.98 Å². The Balaban J connectivity index is 2.88. The highest BCUT2D eigenvalue weighted by atomic mass is 79.9. The lowest BCUT2D eigenvalue weighted by molar-refractivity contribution is 0.567. The van der Waals surface area contributed by atoms with Gasteiger partial charge in [0, 0.05) is 4.47 Å². The van der Waals surface area contributed by atoms with E-state index in [2.05, 4.69) is 20.9 Å². The molecule has 0 spiro atoms. The molecule has 2 rings (SSSR count). The molecule has 0 fully saturated rings. The Labute approximate surface area is 75.5 Å². The van der Waals surface area contributed by atoms with E-state index >= 15 is 0 Å². The van der Waals surface area contributed by atoms with Crippen LogP contribution in [0.2, 0.25) is 0 Å². The van der Waals surface area contributed by atoms with Crippen molar-refractivity contribution in [2.24, 2.45) is 0 Å². The first-order valence-electron chi connectivity index (χ1n) is 3.18. The molecule has 1 aromatic carbocycles. The number of nitrogens with two attached hydrogens (primary N) is 1. The van der Waals surface area contributed by atoms with Gasteiger partial charge in [-0.3, -0.25) is 0 Å². The number of nitrogen functional groups attached to an aromatic ring is 1. The summed E-state index contributed by atoms with van der Waals surface area (Å²) in [5.41, 5.74) is 5.76. The molecule has 0 amide bonds. The molecule has 0 saturated heterocycles. The third kappa shape index (κ3) is 1.06. The summed E-state index contributed by atoms with van der Waals surface area (Å²) in [5, 5.41) is 0. The Morgan fingerprint density at radius 2 is 2.25 bits per heavy atom. The Morgan fingerprint density at radius 1 is 1.50 bits per heavy atom. The molecule has 3 nitrogen and oxygen atoms in total. The number of aromatic nitrogens is 1. The van der Waals surface area contributed by atoms with Crippen molar-refractivity contribution in [2.75, 3.05) is 5.73 Å². The van der Waals surface area contributed by atoms with Crippen LogP contribution in [0.15, 0.2) is 21.0 Å². The van der Waals surface area contributed by atoms with Crippen molar-refractivity contribution in [3.8, 4) is 0 Å². The van der Waals surface area contributed by atoms with E-state index in [9.17, 15) is 4.39 Å². The molecule has 0 aliphatic carbocycles. The smallest absolute Gasteiger partial charge is 0.293 e. The van der Waals surface area contributed by atoms with Crippen LogP contribution in [0.3, 0.4) is 0 Å². The number of oxazole rings is 1. The topological polar surface area (TPSA) is 52.0 Å². The van der Waals surface area contributed by atoms with Gasteiger partial charge in [-0.05, 0) is 12.1 Å². The van der Waals surface area contributed by atoms with Gasteiger partial charge in [0.15, 0.2) is 11.4 Å². The molecule has 1 aromatic heterocycles. The third-order valence-corrected chi connectivity index (χ3v) is 1.88. The van der Waals surface area contributed by atoms with Gasteiger partial charge in [0.25, 0.3) is 6.01 Å². The number of fused-ring (bicyclic) bond motifs is 1. The van der Waals surface area contributed by atoms with Gasteiger partial charge in [-0.2, -0.15) is 4.98 Å². The van der Waals surface area contributed by atoms with E-state index in [1.807, 2.05) is 0 Å². The van der Waals surface area contributed by atoms with Crippen LogP contribution in [-0.2, 0) is 0 Å². The summed E-state index contributed by atoms with van der Waals surface area (Å²) in [4.78, 5) is 3.78. The maximum Gasteiger partial charge on any atom is 0.293 e. The molecule has 0 bridgehead atoms. The third-order valence-electron chi connectivity index (χ3n) is 1.43. The summed E-state index contributed by atoms with van der Waals surface area (Å²) in [6, 6.07) is 2.91. The van der Waals surface area contributed by atoms with Gasteiger partial charge in [-0.15, -0.1) is 0 Å². The first kappa shape index (κ1) is 7.54. The molecule has 62 valence electrons. The van der Waals surface area contributed by atoms with Crippen molar-refractivity contribution >= 4 is 33.0 Å². The highest BCUT2D eigenvalue weighted by Crippen LogP contribution is 2.24. The number of nitrogens with zero attached hydrogens (tertiary/aromatic N) is 1. The summed E-state index contributed by atoms with van der Waals surface area (Å²) in [6.07, 6.45) is 0. The van der Waals surface area contributed by atoms with Gasteiger partial charge in [0.1, 0.15) is 5.52 Å². The lowest BCUT2D eigenvalue weighted by atomic mass is 10.3. The fraction of sp³-hybridized carbons (Fsp3) is 0. The molecule has 0 aliphatic rings. The fourth-order valence-electron chi connectivity index (χ4n) is 0.977. The first-order chi connectivity index (χ1) is 5.66. The van der Waals surface area contributed by atoms with Crippen molar-refractivity contribution in [3.63, 3.8) is 0 Å². The van der Waals surface area contributed by atoms with E-state index in [-0.39, 0.29) is 11.6 Å². The zero-order chi connectivity index (χ0) is 8.72. The largest absolute Gasteiger partial charge is 0.421 e. The molecular weight excluding hydrogens is 227 g/mol. The van der Waals surface area contributed by atoms with E-state index in [4.69, 9.17) is 10.2 Å². The zero-order valence-corrected chi connectivity index (χ0v) is 7.43. The van der Waals surface area contributed by atoms with E-state index < -0.39 is 5.82 Å². The van der Waals surface area contributed by atoms with Crippen LogP contribution in [0.5, 0.6) is 0 Å². The SMILES string of the molecule is Nc1nc2cc(Br)cc(F)c2o1. The second-order valence-corrected chi connectivity index (χ2v) is 3.20. The van der Waals surface area contributed by atoms with Gasteiger partial charge in [0.05, 0.1) is 0 Å². The average Bonchev–Trinajstić information content (AvgIpc) is 2.29. The number of hydrogen-bond acceptors (Lipinski definition) is 3. The Kier molecular flexibility index (Phi) is 1.54. The predicted molar refractivity (Wildman–Crippen MR) is 46.1 cm³/mol. The summed E-state index contributed by atoms with van der Waals surface area (Å²) in [5.74, 6) is -0.469. The Bertz CT molecular complexity index is 440. The molecule has 1 heterocycles. The van der Waals surface area contributed by atoms with Crippen LogP contribution >= 0.6 is 15.9 Å². The molecule has 0 radical (unpaired) electrons. The maximum atomic E-state index is 13.0. The summed E-state index contributed by atoms with van der Waals surface area (Å²) in [7, 11) is 0. The molecule has 0 atom stereocenters. The normalized spacial score (nSPS) is 10.8. The number of rotatable bonds is 0. The van der Waals surface area contributed by atoms with E-state index in [0.717, 1.165) is 0 Å². The fourth-order valence-corrected chi connectivity index (χ4v) is 1.39. The monoisotopic (exact) mass is 230 g/mol. The van der Waals surface area contributed by atoms with Crippen LogP contribution in [0, 0.1) is 5.82 Å². The average molecular weight is 231 g/mol. The zero-order valence-electron chi connectivity index (χ0n) is 5.84. The quantitative estimate of drug-likeness (QED) is 0.756. The van der Waals surface area contributed by atoms with Gasteiger partial charge >= 0.3 is 0 Å². The van der Waals surface area contributed by atoms with Crippen molar-refractivity contribution in [3.05, 3.63) is 22.4 Å². The van der Waals surface area contributed by atoms with Gasteiger partial charge in [-0.1, -0.05) is 15.9 Å². The molecule has 12 heavy (non-hydrogen) atoms. The van der Waals surface area contributed by atoms with Crippen molar-refractivity contribution in [1.29, 1.82) is 0 Å². The van der Waals surface area contributed by atoms with Crippen molar-refractivity contribution in [1.82, 2.24) is 4.98 Å². The molecule has 2 aromatic rings. The second-order valence-electron chi connectivity index (χ2n) is 2.29. The Morgan fingerprint density at radius 3 is 3.00 bits per heavy atom. The van der Waals surface area contributed by atoms with E-state index in [1.165, 1.54) is 6.07 Å². The molecule has 0 unspecified atom stereocenters. The first-order valence-corrected chi connectivity index (χ1v) is 3.97. The maximum absolute atomic E-state index is 13.0. The van der Waals surface area contributed by atoms with Gasteiger partial charge in [-0.25, -0.2) is 4.39 Å². The summed E-state index contributed by atoms with van der Waals surface area (Å²) >= 11 is 3.13. The van der Waals surface area contributed by atoms with E-state index in [1.54, 1.807) is 6.07 Å². The van der Waals surface area contributed by atoms with Crippen LogP contribution in [0.25, 0.3) is 11.1 Å². The second kappa shape index (κ2) is 2.45. The predicted octanol–water partition coefficient (Wildman–Crippen LogP) is 2.31. The Hall–Kier alpha value is -1.10. The molecule has 0 saturated carbocycles. The molecule has 5 heteroatoms. The van der Waals surface area contributed by atoms with Crippen LogP contribution < -0.4 is 5.73 Å². The minimum Gasteiger partial charge on any atom is -0.421 e. The molecule has 0 aliphatic heterocycles. The standard InChI is InChI=1S/C7H4BrFN2O/c8-3-1-4(9)6-5(2-3)11-7(10)12-6/h1-2H,(H2,10,11). The minimum atomic E-state index is -0.469. The molecule has 2 N–H and O–H groups in total. The van der Waals surface area contributed by atoms with E-state index in [0.29, 0.717) is 9.99 Å². The lowest BCUT2D eigenvalue weighted by Gasteiger charge is -1.90. The van der Waals surface area contributed by atoms with Crippen LogP contribution in [0.4, 0.5) is 10.4 Å². The number of anilines is 1. The molecular formula is C7H4BrFN2O.